The molecule has 3 saturated heterocycles. The Balaban J connectivity index is 1.69. The quantitative estimate of drug-likeness (QED) is 0.706. The number of carboxylic acids is 1. The van der Waals surface area contributed by atoms with Gasteiger partial charge in [-0.3, -0.25) is 9.59 Å². The molecular weight excluding hydrogens is 222 g/mol. The maximum atomic E-state index is 12.0. The molecule has 1 amide bonds. The third-order valence-corrected chi connectivity index (χ3v) is 4.51. The Bertz CT molecular complexity index is 352. The highest BCUT2D eigenvalue weighted by Crippen LogP contribution is 2.47. The van der Waals surface area contributed by atoms with Crippen LogP contribution in [-0.2, 0) is 14.3 Å². The number of likely N-dealkylation sites (tertiary alicyclic amines) is 1. The van der Waals surface area contributed by atoms with Gasteiger partial charge in [-0.1, -0.05) is 0 Å². The van der Waals surface area contributed by atoms with E-state index in [0.717, 1.165) is 12.8 Å². The summed E-state index contributed by atoms with van der Waals surface area (Å²) in [6.07, 6.45) is 2.82. The van der Waals surface area contributed by atoms with E-state index in [1.54, 1.807) is 4.90 Å². The SMILES string of the molecule is CC(C(=O)O)C(=O)N1CC2C3CCC(O3)C2C1. The Morgan fingerprint density at radius 3 is 2.24 bits per heavy atom. The van der Waals surface area contributed by atoms with Gasteiger partial charge in [0.15, 0.2) is 0 Å². The lowest BCUT2D eigenvalue weighted by Gasteiger charge is -2.20. The highest BCUT2D eigenvalue weighted by molar-refractivity contribution is 5.96. The molecule has 5 atom stereocenters. The number of aliphatic carboxylic acids is 1. The Kier molecular flexibility index (Phi) is 2.40. The van der Waals surface area contributed by atoms with Crippen molar-refractivity contribution in [3.8, 4) is 0 Å². The van der Waals surface area contributed by atoms with E-state index in [1.807, 2.05) is 0 Å². The standard InChI is InChI=1S/C12H17NO4/c1-6(12(15)16)11(14)13-4-7-8(5-13)10-3-2-9(7)17-10/h6-10H,2-5H2,1H3,(H,15,16). The van der Waals surface area contributed by atoms with Crippen LogP contribution in [0, 0.1) is 17.8 Å². The molecule has 3 rings (SSSR count). The van der Waals surface area contributed by atoms with E-state index < -0.39 is 11.9 Å². The molecule has 3 aliphatic heterocycles. The molecule has 17 heavy (non-hydrogen) atoms. The third kappa shape index (κ3) is 1.56. The van der Waals surface area contributed by atoms with Crippen LogP contribution < -0.4 is 0 Å². The van der Waals surface area contributed by atoms with Crippen molar-refractivity contribution in [3.63, 3.8) is 0 Å². The smallest absolute Gasteiger partial charge is 0.315 e. The van der Waals surface area contributed by atoms with Gasteiger partial charge in [-0.2, -0.15) is 0 Å². The predicted molar refractivity (Wildman–Crippen MR) is 58.3 cm³/mol. The summed E-state index contributed by atoms with van der Waals surface area (Å²) in [5.41, 5.74) is 0. The summed E-state index contributed by atoms with van der Waals surface area (Å²) in [7, 11) is 0. The van der Waals surface area contributed by atoms with Gasteiger partial charge in [0.2, 0.25) is 5.91 Å². The van der Waals surface area contributed by atoms with E-state index in [0.29, 0.717) is 37.1 Å². The van der Waals surface area contributed by atoms with Crippen LogP contribution >= 0.6 is 0 Å². The summed E-state index contributed by atoms with van der Waals surface area (Å²) in [5, 5.41) is 8.86. The van der Waals surface area contributed by atoms with Crippen molar-refractivity contribution in [2.75, 3.05) is 13.1 Å². The second-order valence-corrected chi connectivity index (χ2v) is 5.42. The normalized spacial score (nSPS) is 40.4. The number of rotatable bonds is 2. The van der Waals surface area contributed by atoms with Gasteiger partial charge in [-0.05, 0) is 19.8 Å². The lowest BCUT2D eigenvalue weighted by atomic mass is 9.82. The van der Waals surface area contributed by atoms with E-state index >= 15 is 0 Å². The first-order valence-corrected chi connectivity index (χ1v) is 6.25. The van der Waals surface area contributed by atoms with Crippen molar-refractivity contribution in [1.29, 1.82) is 0 Å². The molecular formula is C12H17NO4. The lowest BCUT2D eigenvalue weighted by Crippen LogP contribution is -2.38. The molecule has 2 bridgehead atoms. The number of hydrogen-bond donors (Lipinski definition) is 1. The average Bonchev–Trinajstić information content (AvgIpc) is 2.97. The molecule has 5 heteroatoms. The van der Waals surface area contributed by atoms with Gasteiger partial charge in [0, 0.05) is 24.9 Å². The van der Waals surface area contributed by atoms with Gasteiger partial charge >= 0.3 is 5.97 Å². The van der Waals surface area contributed by atoms with Gasteiger partial charge in [-0.15, -0.1) is 0 Å². The molecule has 94 valence electrons. The highest BCUT2D eigenvalue weighted by atomic mass is 16.5. The van der Waals surface area contributed by atoms with Gasteiger partial charge < -0.3 is 14.7 Å². The number of nitrogens with zero attached hydrogens (tertiary/aromatic N) is 1. The minimum Gasteiger partial charge on any atom is -0.481 e. The number of carbonyl (C=O) groups excluding carboxylic acids is 1. The molecule has 0 aromatic heterocycles. The summed E-state index contributed by atoms with van der Waals surface area (Å²) in [6.45, 7) is 2.83. The van der Waals surface area contributed by atoms with Crippen LogP contribution in [0.2, 0.25) is 0 Å². The molecule has 5 nitrogen and oxygen atoms in total. The molecule has 0 aliphatic carbocycles. The predicted octanol–water partition coefficient (Wildman–Crippen LogP) is 0.343. The Morgan fingerprint density at radius 2 is 1.76 bits per heavy atom. The van der Waals surface area contributed by atoms with Gasteiger partial charge in [-0.25, -0.2) is 0 Å². The lowest BCUT2D eigenvalue weighted by molar-refractivity contribution is -0.150. The minimum atomic E-state index is -1.04. The van der Waals surface area contributed by atoms with Gasteiger partial charge in [0.25, 0.3) is 0 Å². The monoisotopic (exact) mass is 239 g/mol. The number of carbonyl (C=O) groups is 2. The third-order valence-electron chi connectivity index (χ3n) is 4.51. The molecule has 1 N–H and O–H groups in total. The van der Waals surface area contributed by atoms with Crippen LogP contribution in [0.5, 0.6) is 0 Å². The van der Waals surface area contributed by atoms with Crippen LogP contribution in [0.1, 0.15) is 19.8 Å². The first-order chi connectivity index (χ1) is 8.08. The van der Waals surface area contributed by atoms with Crippen molar-refractivity contribution in [3.05, 3.63) is 0 Å². The Labute approximate surface area is 99.7 Å². The molecule has 0 spiro atoms. The molecule has 0 radical (unpaired) electrons. The molecule has 3 aliphatic rings. The zero-order chi connectivity index (χ0) is 12.2. The van der Waals surface area contributed by atoms with E-state index in [2.05, 4.69) is 0 Å². The largest absolute Gasteiger partial charge is 0.481 e. The van der Waals surface area contributed by atoms with Crippen molar-refractivity contribution in [2.24, 2.45) is 17.8 Å². The summed E-state index contributed by atoms with van der Waals surface area (Å²) in [4.78, 5) is 24.5. The number of hydrogen-bond acceptors (Lipinski definition) is 3. The number of fused-ring (bicyclic) bond motifs is 5. The Hall–Kier alpha value is -1.10. The van der Waals surface area contributed by atoms with Gasteiger partial charge in [0.1, 0.15) is 5.92 Å². The minimum absolute atomic E-state index is 0.244. The molecule has 3 fully saturated rings. The van der Waals surface area contributed by atoms with Crippen molar-refractivity contribution in [2.45, 2.75) is 32.0 Å². The number of ether oxygens (including phenoxy) is 1. The fraction of sp³-hybridized carbons (Fsp3) is 0.833. The summed E-state index contributed by atoms with van der Waals surface area (Å²) < 4.78 is 5.82. The van der Waals surface area contributed by atoms with E-state index in [4.69, 9.17) is 9.84 Å². The topological polar surface area (TPSA) is 66.8 Å². The molecule has 0 aromatic carbocycles. The van der Waals surface area contributed by atoms with Crippen molar-refractivity contribution in [1.82, 2.24) is 4.90 Å². The first-order valence-electron chi connectivity index (χ1n) is 6.25. The molecule has 0 aromatic rings. The maximum Gasteiger partial charge on any atom is 0.315 e. The average molecular weight is 239 g/mol. The molecule has 3 heterocycles. The number of carboxylic acid groups (broad SMARTS) is 1. The molecule has 5 unspecified atom stereocenters. The van der Waals surface area contributed by atoms with Crippen LogP contribution in [0.3, 0.4) is 0 Å². The summed E-state index contributed by atoms with van der Waals surface area (Å²) in [5.74, 6) is -1.32. The summed E-state index contributed by atoms with van der Waals surface area (Å²) >= 11 is 0. The van der Waals surface area contributed by atoms with Crippen LogP contribution in [0.15, 0.2) is 0 Å². The van der Waals surface area contributed by atoms with Crippen LogP contribution in [0.25, 0.3) is 0 Å². The second-order valence-electron chi connectivity index (χ2n) is 5.42. The van der Waals surface area contributed by atoms with E-state index in [1.165, 1.54) is 6.92 Å². The molecule has 0 saturated carbocycles. The number of amides is 1. The Morgan fingerprint density at radius 1 is 1.24 bits per heavy atom. The highest BCUT2D eigenvalue weighted by Gasteiger charge is 2.54. The summed E-state index contributed by atoms with van der Waals surface area (Å²) in [6, 6.07) is 0. The van der Waals surface area contributed by atoms with E-state index in [9.17, 15) is 9.59 Å². The fourth-order valence-electron chi connectivity index (χ4n) is 3.52. The second kappa shape index (κ2) is 3.70. The van der Waals surface area contributed by atoms with Crippen LogP contribution in [-0.4, -0.2) is 47.2 Å². The van der Waals surface area contributed by atoms with Crippen molar-refractivity contribution >= 4 is 11.9 Å². The van der Waals surface area contributed by atoms with E-state index in [-0.39, 0.29) is 5.91 Å². The zero-order valence-electron chi connectivity index (χ0n) is 9.83. The van der Waals surface area contributed by atoms with Gasteiger partial charge in [0.05, 0.1) is 12.2 Å². The van der Waals surface area contributed by atoms with Crippen molar-refractivity contribution < 1.29 is 19.4 Å². The zero-order valence-corrected chi connectivity index (χ0v) is 9.83. The first kappa shape index (κ1) is 11.0. The van der Waals surface area contributed by atoms with Crippen LogP contribution in [0.4, 0.5) is 0 Å². The maximum absolute atomic E-state index is 12.0. The fourth-order valence-corrected chi connectivity index (χ4v) is 3.52.